The molecule has 4 nitrogen and oxygen atoms in total. The Morgan fingerprint density at radius 2 is 1.81 bits per heavy atom. The zero-order chi connectivity index (χ0) is 22.7. The highest BCUT2D eigenvalue weighted by Gasteiger charge is 2.35. The highest BCUT2D eigenvalue weighted by molar-refractivity contribution is 9.10. The van der Waals surface area contributed by atoms with Crippen molar-refractivity contribution in [2.24, 2.45) is 0 Å². The number of carbonyl (C=O) groups is 2. The summed E-state index contributed by atoms with van der Waals surface area (Å²) in [6, 6.07) is 20.9. The van der Waals surface area contributed by atoms with Crippen LogP contribution in [0.15, 0.2) is 76.1 Å². The molecule has 0 N–H and O–H groups in total. The lowest BCUT2D eigenvalue weighted by atomic mass is 10.1. The predicted molar refractivity (Wildman–Crippen MR) is 133 cm³/mol. The van der Waals surface area contributed by atoms with E-state index in [4.69, 9.17) is 16.3 Å². The highest BCUT2D eigenvalue weighted by atomic mass is 79.9. The molecule has 1 saturated heterocycles. The standard InChI is InChI=1S/C25H19BrClNO3S/c1-16-3-2-4-19(11-16)15-31-22-10-7-18(12-21(22)26)13-23-24(29)28(25(30)32-23)14-17-5-8-20(27)9-6-17/h2-13H,14-15H2,1H3/b23-13-. The number of imide groups is 1. The van der Waals surface area contributed by atoms with Crippen molar-refractivity contribution in [3.63, 3.8) is 0 Å². The molecule has 0 saturated carbocycles. The van der Waals surface area contributed by atoms with Crippen molar-refractivity contribution in [2.45, 2.75) is 20.1 Å². The fourth-order valence-electron chi connectivity index (χ4n) is 3.25. The van der Waals surface area contributed by atoms with Crippen molar-refractivity contribution in [1.82, 2.24) is 4.90 Å². The minimum absolute atomic E-state index is 0.217. The van der Waals surface area contributed by atoms with Crippen LogP contribution in [0.3, 0.4) is 0 Å². The second-order valence-electron chi connectivity index (χ2n) is 7.36. The topological polar surface area (TPSA) is 46.6 Å². The quantitative estimate of drug-likeness (QED) is 0.317. The largest absolute Gasteiger partial charge is 0.488 e. The summed E-state index contributed by atoms with van der Waals surface area (Å²) in [5, 5.41) is 0.327. The number of nitrogens with zero attached hydrogens (tertiary/aromatic N) is 1. The van der Waals surface area contributed by atoms with E-state index in [0.29, 0.717) is 22.3 Å². The van der Waals surface area contributed by atoms with E-state index in [-0.39, 0.29) is 17.7 Å². The van der Waals surface area contributed by atoms with Crippen LogP contribution in [0, 0.1) is 6.92 Å². The first-order valence-electron chi connectivity index (χ1n) is 9.87. The number of benzene rings is 3. The average molecular weight is 529 g/mol. The number of amides is 2. The lowest BCUT2D eigenvalue weighted by molar-refractivity contribution is -0.123. The van der Waals surface area contributed by atoms with Crippen LogP contribution in [0.25, 0.3) is 6.08 Å². The highest BCUT2D eigenvalue weighted by Crippen LogP contribution is 2.35. The number of ether oxygens (including phenoxy) is 1. The lowest BCUT2D eigenvalue weighted by Gasteiger charge is -2.12. The molecule has 0 atom stereocenters. The monoisotopic (exact) mass is 527 g/mol. The number of thioether (sulfide) groups is 1. The molecule has 4 rings (SSSR count). The van der Waals surface area contributed by atoms with E-state index < -0.39 is 0 Å². The van der Waals surface area contributed by atoms with E-state index in [0.717, 1.165) is 32.9 Å². The lowest BCUT2D eigenvalue weighted by Crippen LogP contribution is -2.27. The van der Waals surface area contributed by atoms with Gasteiger partial charge in [0, 0.05) is 5.02 Å². The van der Waals surface area contributed by atoms with Crippen molar-refractivity contribution in [1.29, 1.82) is 0 Å². The number of aryl methyl sites for hydroxylation is 1. The van der Waals surface area contributed by atoms with Crippen molar-refractivity contribution < 1.29 is 14.3 Å². The Hall–Kier alpha value is -2.54. The summed E-state index contributed by atoms with van der Waals surface area (Å²) in [5.41, 5.74) is 3.92. The van der Waals surface area contributed by atoms with E-state index in [1.807, 2.05) is 55.5 Å². The smallest absolute Gasteiger partial charge is 0.293 e. The van der Waals surface area contributed by atoms with Gasteiger partial charge in [-0.15, -0.1) is 0 Å². The number of carbonyl (C=O) groups excluding carboxylic acids is 2. The second kappa shape index (κ2) is 9.94. The SMILES string of the molecule is Cc1cccc(COc2ccc(/C=C3\SC(=O)N(Cc4ccc(Cl)cc4)C3=O)cc2Br)c1. The number of hydrogen-bond donors (Lipinski definition) is 0. The average Bonchev–Trinajstić information content (AvgIpc) is 3.02. The molecule has 7 heteroatoms. The molecule has 162 valence electrons. The van der Waals surface area contributed by atoms with Gasteiger partial charge in [-0.1, -0.05) is 59.6 Å². The third-order valence-electron chi connectivity index (χ3n) is 4.86. The molecule has 32 heavy (non-hydrogen) atoms. The summed E-state index contributed by atoms with van der Waals surface area (Å²) in [7, 11) is 0. The molecule has 1 heterocycles. The van der Waals surface area contributed by atoms with Gasteiger partial charge in [0.05, 0.1) is 15.9 Å². The maximum absolute atomic E-state index is 12.8. The first-order valence-corrected chi connectivity index (χ1v) is 11.9. The van der Waals surface area contributed by atoms with Crippen LogP contribution in [0.2, 0.25) is 5.02 Å². The number of halogens is 2. The van der Waals surface area contributed by atoms with Gasteiger partial charge in [0.25, 0.3) is 11.1 Å². The van der Waals surface area contributed by atoms with Gasteiger partial charge in [0.2, 0.25) is 0 Å². The molecule has 0 spiro atoms. The third kappa shape index (κ3) is 5.44. The molecule has 3 aromatic carbocycles. The summed E-state index contributed by atoms with van der Waals surface area (Å²) in [5.74, 6) is 0.408. The molecule has 2 amide bonds. The van der Waals surface area contributed by atoms with E-state index >= 15 is 0 Å². The van der Waals surface area contributed by atoms with Crippen LogP contribution in [0.5, 0.6) is 5.75 Å². The van der Waals surface area contributed by atoms with Gasteiger partial charge >= 0.3 is 0 Å². The summed E-state index contributed by atoms with van der Waals surface area (Å²) >= 11 is 10.4. The van der Waals surface area contributed by atoms with E-state index in [1.54, 1.807) is 18.2 Å². The van der Waals surface area contributed by atoms with E-state index in [2.05, 4.69) is 22.0 Å². The maximum Gasteiger partial charge on any atom is 0.293 e. The molecule has 1 aliphatic rings. The van der Waals surface area contributed by atoms with Crippen molar-refractivity contribution in [2.75, 3.05) is 0 Å². The predicted octanol–water partition coefficient (Wildman–Crippen LogP) is 7.23. The fourth-order valence-corrected chi connectivity index (χ4v) is 4.72. The summed E-state index contributed by atoms with van der Waals surface area (Å²) in [6.07, 6.45) is 1.72. The zero-order valence-corrected chi connectivity index (χ0v) is 20.3. The molecule has 0 aliphatic carbocycles. The van der Waals surface area contributed by atoms with Gasteiger partial charge in [0.15, 0.2) is 0 Å². The molecule has 1 fully saturated rings. The van der Waals surface area contributed by atoms with Gasteiger partial charge in [-0.25, -0.2) is 0 Å². The maximum atomic E-state index is 12.8. The third-order valence-corrected chi connectivity index (χ3v) is 6.64. The van der Waals surface area contributed by atoms with Gasteiger partial charge in [-0.3, -0.25) is 14.5 Å². The summed E-state index contributed by atoms with van der Waals surface area (Å²) in [4.78, 5) is 26.8. The van der Waals surface area contributed by atoms with Crippen LogP contribution in [0.4, 0.5) is 4.79 Å². The molecule has 1 aliphatic heterocycles. The zero-order valence-electron chi connectivity index (χ0n) is 17.2. The fraction of sp³-hybridized carbons (Fsp3) is 0.120. The number of rotatable bonds is 6. The molecular weight excluding hydrogens is 510 g/mol. The Kier molecular flexibility index (Phi) is 7.04. The number of hydrogen-bond acceptors (Lipinski definition) is 4. The van der Waals surface area contributed by atoms with Crippen molar-refractivity contribution in [3.05, 3.63) is 103 Å². The van der Waals surface area contributed by atoms with Crippen molar-refractivity contribution in [3.8, 4) is 5.75 Å². The van der Waals surface area contributed by atoms with Crippen molar-refractivity contribution >= 4 is 56.5 Å². The minimum Gasteiger partial charge on any atom is -0.488 e. The van der Waals surface area contributed by atoms with Crippen LogP contribution in [0.1, 0.15) is 22.3 Å². The molecule has 0 unspecified atom stereocenters. The Bertz CT molecular complexity index is 1210. The van der Waals surface area contributed by atoms with Crippen LogP contribution in [-0.2, 0) is 17.9 Å². The first kappa shape index (κ1) is 22.6. The van der Waals surface area contributed by atoms with Gasteiger partial charge < -0.3 is 4.74 Å². The van der Waals surface area contributed by atoms with Crippen LogP contribution < -0.4 is 4.74 Å². The van der Waals surface area contributed by atoms with Gasteiger partial charge in [0.1, 0.15) is 12.4 Å². The summed E-state index contributed by atoms with van der Waals surface area (Å²) in [6.45, 7) is 2.73. The second-order valence-corrected chi connectivity index (χ2v) is 9.65. The molecule has 0 radical (unpaired) electrons. The molecule has 0 aromatic heterocycles. The van der Waals surface area contributed by atoms with Gasteiger partial charge in [-0.2, -0.15) is 0 Å². The van der Waals surface area contributed by atoms with Crippen LogP contribution in [-0.4, -0.2) is 16.0 Å². The Balaban J connectivity index is 1.45. The summed E-state index contributed by atoms with van der Waals surface area (Å²) < 4.78 is 6.70. The Morgan fingerprint density at radius 3 is 2.53 bits per heavy atom. The first-order chi connectivity index (χ1) is 15.4. The molecule has 3 aromatic rings. The van der Waals surface area contributed by atoms with Gasteiger partial charge in [-0.05, 0) is 81.6 Å². The molecule has 0 bridgehead atoms. The van der Waals surface area contributed by atoms with E-state index in [9.17, 15) is 9.59 Å². The van der Waals surface area contributed by atoms with Crippen LogP contribution >= 0.6 is 39.3 Å². The molecular formula is C25H19BrClNO3S. The Morgan fingerprint density at radius 1 is 1.03 bits per heavy atom. The Labute approximate surface area is 204 Å². The van der Waals surface area contributed by atoms with E-state index in [1.165, 1.54) is 10.5 Å². The minimum atomic E-state index is -0.300. The normalized spacial score (nSPS) is 15.0.